The number of para-hydroxylation sites is 1. The normalized spacial score (nSPS) is 17.6. The van der Waals surface area contributed by atoms with E-state index in [9.17, 15) is 22.7 Å². The zero-order chi connectivity index (χ0) is 26.2. The van der Waals surface area contributed by atoms with E-state index in [0.717, 1.165) is 17.8 Å². The molecule has 4 rings (SSSR count). The van der Waals surface area contributed by atoms with Gasteiger partial charge in [0.05, 0.1) is 35.0 Å². The minimum atomic E-state index is -4.01. The Balaban J connectivity index is 1.93. The van der Waals surface area contributed by atoms with Gasteiger partial charge in [0.25, 0.3) is 0 Å². The summed E-state index contributed by atoms with van der Waals surface area (Å²) < 4.78 is 48.8. The molecular formula is C26H26ClFN2O5S. The van der Waals surface area contributed by atoms with E-state index in [1.165, 1.54) is 23.5 Å². The number of anilines is 2. The highest BCUT2D eigenvalue weighted by Crippen LogP contribution is 2.42. The molecule has 1 heterocycles. The Labute approximate surface area is 214 Å². The first kappa shape index (κ1) is 26.1. The average Bonchev–Trinajstić information content (AvgIpc) is 2.91. The number of hydrogen-bond acceptors (Lipinski definition) is 5. The van der Waals surface area contributed by atoms with Gasteiger partial charge in [-0.15, -0.1) is 0 Å². The van der Waals surface area contributed by atoms with Crippen LogP contribution in [0.5, 0.6) is 0 Å². The summed E-state index contributed by atoms with van der Waals surface area (Å²) in [6.45, 7) is 4.27. The van der Waals surface area contributed by atoms with E-state index < -0.39 is 33.4 Å². The standard InChI is InChI=1S/C26H26ClFN2O5S/c1-16(2)35-15-19-14-30(18-7-5-4-6-8-18)24-13-22(27)20(12-25(24)36(33,34)29(19)3)17-9-10-23(28)21(11-17)26(31)32/h4-13,16,19H,14-15H2,1-3H3,(H,31,32). The molecule has 0 amide bonds. The molecule has 36 heavy (non-hydrogen) atoms. The highest BCUT2D eigenvalue weighted by atomic mass is 35.5. The maximum absolute atomic E-state index is 14.0. The lowest BCUT2D eigenvalue weighted by atomic mass is 10.0. The lowest BCUT2D eigenvalue weighted by Crippen LogP contribution is -2.44. The molecule has 190 valence electrons. The smallest absolute Gasteiger partial charge is 0.338 e. The SMILES string of the molecule is CC(C)OCC1CN(c2ccccc2)c2cc(Cl)c(-c3ccc(F)c(C(=O)O)c3)cc2S(=O)(=O)N1C. The second kappa shape index (κ2) is 10.2. The fraction of sp³-hybridized carbons (Fsp3) is 0.269. The van der Waals surface area contributed by atoms with Gasteiger partial charge in [-0.1, -0.05) is 35.9 Å². The molecule has 0 spiro atoms. The second-order valence-corrected chi connectivity index (χ2v) is 11.2. The molecule has 0 bridgehead atoms. The van der Waals surface area contributed by atoms with Crippen molar-refractivity contribution in [2.45, 2.75) is 30.9 Å². The summed E-state index contributed by atoms with van der Waals surface area (Å²) in [5.74, 6) is -2.33. The molecule has 7 nitrogen and oxygen atoms in total. The van der Waals surface area contributed by atoms with Crippen molar-refractivity contribution in [2.24, 2.45) is 0 Å². The predicted molar refractivity (Wildman–Crippen MR) is 137 cm³/mol. The largest absolute Gasteiger partial charge is 0.478 e. The zero-order valence-corrected chi connectivity index (χ0v) is 21.6. The van der Waals surface area contributed by atoms with Crippen LogP contribution in [0.1, 0.15) is 24.2 Å². The van der Waals surface area contributed by atoms with Gasteiger partial charge in [-0.2, -0.15) is 4.31 Å². The van der Waals surface area contributed by atoms with E-state index in [1.54, 1.807) is 6.07 Å². The molecular weight excluding hydrogens is 507 g/mol. The van der Waals surface area contributed by atoms with Crippen LogP contribution in [0, 0.1) is 5.82 Å². The van der Waals surface area contributed by atoms with Crippen LogP contribution in [0.25, 0.3) is 11.1 Å². The maximum atomic E-state index is 14.0. The van der Waals surface area contributed by atoms with E-state index in [1.807, 2.05) is 49.1 Å². The Morgan fingerprint density at radius 2 is 1.86 bits per heavy atom. The number of ether oxygens (including phenoxy) is 1. The highest BCUT2D eigenvalue weighted by Gasteiger charge is 2.38. The molecule has 0 saturated heterocycles. The second-order valence-electron chi connectivity index (χ2n) is 8.80. The number of benzene rings is 3. The van der Waals surface area contributed by atoms with Crippen LogP contribution in [0.15, 0.2) is 65.6 Å². The van der Waals surface area contributed by atoms with Crippen LogP contribution in [0.2, 0.25) is 5.02 Å². The van der Waals surface area contributed by atoms with Gasteiger partial charge in [0.1, 0.15) is 10.7 Å². The predicted octanol–water partition coefficient (Wildman–Crippen LogP) is 5.41. The first-order valence-corrected chi connectivity index (χ1v) is 13.1. The molecule has 3 aromatic rings. The van der Waals surface area contributed by atoms with Crippen molar-refractivity contribution in [2.75, 3.05) is 25.1 Å². The average molecular weight is 533 g/mol. The van der Waals surface area contributed by atoms with Crippen molar-refractivity contribution in [3.8, 4) is 11.1 Å². The minimum Gasteiger partial charge on any atom is -0.478 e. The first-order chi connectivity index (χ1) is 17.0. The van der Waals surface area contributed by atoms with Gasteiger partial charge in [-0.05, 0) is 55.8 Å². The summed E-state index contributed by atoms with van der Waals surface area (Å²) in [6.07, 6.45) is -0.0835. The third-order valence-electron chi connectivity index (χ3n) is 6.10. The lowest BCUT2D eigenvalue weighted by Gasteiger charge is -2.30. The molecule has 1 atom stereocenters. The highest BCUT2D eigenvalue weighted by molar-refractivity contribution is 7.89. The van der Waals surface area contributed by atoms with Gasteiger partial charge in [0.15, 0.2) is 0 Å². The van der Waals surface area contributed by atoms with Crippen LogP contribution in [-0.2, 0) is 14.8 Å². The van der Waals surface area contributed by atoms with Gasteiger partial charge in [0, 0.05) is 24.8 Å². The Hall–Kier alpha value is -2.98. The molecule has 0 saturated carbocycles. The number of carbonyl (C=O) groups is 1. The van der Waals surface area contributed by atoms with Crippen LogP contribution in [0.4, 0.5) is 15.8 Å². The number of likely N-dealkylation sites (N-methyl/N-ethyl adjacent to an activating group) is 1. The third kappa shape index (κ3) is 4.97. The molecule has 1 aliphatic heterocycles. The molecule has 1 unspecified atom stereocenters. The zero-order valence-electron chi connectivity index (χ0n) is 20.0. The van der Waals surface area contributed by atoms with Crippen molar-refractivity contribution >= 4 is 39.0 Å². The summed E-state index contributed by atoms with van der Waals surface area (Å²) >= 11 is 6.64. The number of carboxylic acid groups (broad SMARTS) is 1. The van der Waals surface area contributed by atoms with E-state index in [2.05, 4.69) is 0 Å². The topological polar surface area (TPSA) is 87.1 Å². The summed E-state index contributed by atoms with van der Waals surface area (Å²) in [5, 5.41) is 9.54. The molecule has 3 aromatic carbocycles. The Bertz CT molecular complexity index is 1400. The summed E-state index contributed by atoms with van der Waals surface area (Å²) in [7, 11) is -2.50. The van der Waals surface area contributed by atoms with Crippen molar-refractivity contribution in [3.05, 3.63) is 77.1 Å². The molecule has 0 aromatic heterocycles. The number of hydrogen-bond donors (Lipinski definition) is 1. The summed E-state index contributed by atoms with van der Waals surface area (Å²) in [5.41, 5.74) is 1.19. The number of sulfonamides is 1. The molecule has 0 radical (unpaired) electrons. The monoisotopic (exact) mass is 532 g/mol. The van der Waals surface area contributed by atoms with Gasteiger partial charge in [-0.25, -0.2) is 17.6 Å². The van der Waals surface area contributed by atoms with Crippen molar-refractivity contribution in [1.29, 1.82) is 0 Å². The van der Waals surface area contributed by atoms with Crippen molar-refractivity contribution in [3.63, 3.8) is 0 Å². The van der Waals surface area contributed by atoms with Crippen LogP contribution >= 0.6 is 11.6 Å². The van der Waals surface area contributed by atoms with Crippen molar-refractivity contribution in [1.82, 2.24) is 4.31 Å². The number of aromatic carboxylic acids is 1. The Morgan fingerprint density at radius 3 is 2.50 bits per heavy atom. The summed E-state index contributed by atoms with van der Waals surface area (Å²) in [4.78, 5) is 13.3. The number of halogens is 2. The van der Waals surface area contributed by atoms with Crippen LogP contribution in [-0.4, -0.2) is 56.1 Å². The fourth-order valence-corrected chi connectivity index (χ4v) is 5.92. The molecule has 0 aliphatic carbocycles. The Morgan fingerprint density at radius 1 is 1.17 bits per heavy atom. The van der Waals surface area contributed by atoms with Gasteiger partial charge < -0.3 is 14.7 Å². The van der Waals surface area contributed by atoms with Crippen LogP contribution in [0.3, 0.4) is 0 Å². The van der Waals surface area contributed by atoms with Gasteiger partial charge >= 0.3 is 5.97 Å². The van der Waals surface area contributed by atoms with Crippen LogP contribution < -0.4 is 4.90 Å². The molecule has 0 fully saturated rings. The minimum absolute atomic E-state index is 0.00139. The van der Waals surface area contributed by atoms with Gasteiger partial charge in [0.2, 0.25) is 10.0 Å². The van der Waals surface area contributed by atoms with E-state index in [0.29, 0.717) is 12.2 Å². The number of rotatable bonds is 6. The lowest BCUT2D eigenvalue weighted by molar-refractivity contribution is 0.0510. The van der Waals surface area contributed by atoms with E-state index in [-0.39, 0.29) is 33.8 Å². The first-order valence-electron chi connectivity index (χ1n) is 11.3. The fourth-order valence-electron chi connectivity index (χ4n) is 4.13. The Kier molecular flexibility index (Phi) is 7.38. The van der Waals surface area contributed by atoms with E-state index in [4.69, 9.17) is 16.3 Å². The number of fused-ring (bicyclic) bond motifs is 1. The molecule has 1 aliphatic rings. The molecule has 10 heteroatoms. The number of carboxylic acids is 1. The quantitative estimate of drug-likeness (QED) is 0.457. The third-order valence-corrected chi connectivity index (χ3v) is 8.35. The molecule has 1 N–H and O–H groups in total. The summed E-state index contributed by atoms with van der Waals surface area (Å²) in [6, 6.07) is 15.4. The maximum Gasteiger partial charge on any atom is 0.338 e. The van der Waals surface area contributed by atoms with E-state index >= 15 is 0 Å². The van der Waals surface area contributed by atoms with Gasteiger partial charge in [-0.3, -0.25) is 0 Å². The van der Waals surface area contributed by atoms with Crippen molar-refractivity contribution < 1.29 is 27.4 Å². The number of nitrogens with zero attached hydrogens (tertiary/aromatic N) is 2.